The summed E-state index contributed by atoms with van der Waals surface area (Å²) < 4.78 is 52.3. The summed E-state index contributed by atoms with van der Waals surface area (Å²) in [6, 6.07) is 2.79. The highest BCUT2D eigenvalue weighted by Crippen LogP contribution is 2.35. The van der Waals surface area contributed by atoms with E-state index in [-0.39, 0.29) is 11.8 Å². The molecule has 1 radical (unpaired) electrons. The highest BCUT2D eigenvalue weighted by molar-refractivity contribution is 6.02. The van der Waals surface area contributed by atoms with E-state index < -0.39 is 29.4 Å². The van der Waals surface area contributed by atoms with E-state index in [1.165, 1.54) is 7.05 Å². The van der Waals surface area contributed by atoms with E-state index in [9.17, 15) is 18.0 Å². The highest BCUT2D eigenvalue weighted by atomic mass is 19.4. The van der Waals surface area contributed by atoms with Crippen LogP contribution in [0.2, 0.25) is 0 Å². The normalized spacial score (nSPS) is 18.6. The SMILES string of the molecule is COC(c1cc(C(=O)Nc2cc([C@H]3C[CH]CO3)nn2C(C)(C)C)n(C)n1)C(F)(F)F. The molecule has 0 saturated carbocycles. The summed E-state index contributed by atoms with van der Waals surface area (Å²) in [5, 5.41) is 11.1. The Morgan fingerprint density at radius 3 is 2.53 bits per heavy atom. The summed E-state index contributed by atoms with van der Waals surface area (Å²) in [5.41, 5.74) is -0.197. The fourth-order valence-electron chi connectivity index (χ4n) is 3.27. The maximum atomic E-state index is 13.1. The van der Waals surface area contributed by atoms with Crippen molar-refractivity contribution in [2.24, 2.45) is 7.05 Å². The fourth-order valence-corrected chi connectivity index (χ4v) is 3.27. The van der Waals surface area contributed by atoms with Crippen molar-refractivity contribution in [3.63, 3.8) is 0 Å². The molecule has 0 aromatic carbocycles. The number of halogens is 3. The molecular weight excluding hydrogens is 403 g/mol. The molecule has 2 aromatic heterocycles. The molecule has 1 amide bonds. The van der Waals surface area contributed by atoms with Gasteiger partial charge in [-0.1, -0.05) is 0 Å². The number of hydrogen-bond acceptors (Lipinski definition) is 5. The third-order valence-electron chi connectivity index (χ3n) is 4.66. The summed E-state index contributed by atoms with van der Waals surface area (Å²) in [6.07, 6.45) is -4.33. The van der Waals surface area contributed by atoms with Crippen LogP contribution in [0.3, 0.4) is 0 Å². The second-order valence-corrected chi connectivity index (χ2v) is 8.07. The minimum absolute atomic E-state index is 0.0371. The van der Waals surface area contributed by atoms with Crippen LogP contribution in [0.25, 0.3) is 0 Å². The Hall–Kier alpha value is -2.40. The zero-order valence-corrected chi connectivity index (χ0v) is 17.4. The largest absolute Gasteiger partial charge is 0.420 e. The molecule has 3 rings (SSSR count). The fraction of sp³-hybridized carbons (Fsp3) is 0.579. The Kier molecular flexibility index (Phi) is 5.96. The molecule has 1 aliphatic heterocycles. The molecule has 1 unspecified atom stereocenters. The number of hydrogen-bond donors (Lipinski definition) is 1. The second kappa shape index (κ2) is 8.03. The van der Waals surface area contributed by atoms with E-state index in [1.54, 1.807) is 10.7 Å². The van der Waals surface area contributed by atoms with Crippen LogP contribution in [0.5, 0.6) is 0 Å². The Bertz CT molecular complexity index is 908. The van der Waals surface area contributed by atoms with Gasteiger partial charge in [0.2, 0.25) is 0 Å². The average molecular weight is 428 g/mol. The van der Waals surface area contributed by atoms with Gasteiger partial charge in [-0.3, -0.25) is 9.48 Å². The van der Waals surface area contributed by atoms with Crippen LogP contribution in [-0.2, 0) is 22.1 Å². The maximum absolute atomic E-state index is 13.1. The van der Waals surface area contributed by atoms with Gasteiger partial charge in [0.25, 0.3) is 5.91 Å². The summed E-state index contributed by atoms with van der Waals surface area (Å²) >= 11 is 0. The number of nitrogens with one attached hydrogen (secondary N) is 1. The molecule has 0 spiro atoms. The van der Waals surface area contributed by atoms with Crippen LogP contribution in [0.1, 0.15) is 61.3 Å². The number of alkyl halides is 3. The van der Waals surface area contributed by atoms with Crippen molar-refractivity contribution in [1.82, 2.24) is 19.6 Å². The molecule has 0 aliphatic carbocycles. The molecule has 1 aliphatic rings. The molecule has 0 bridgehead atoms. The molecule has 1 N–H and O–H groups in total. The van der Waals surface area contributed by atoms with Gasteiger partial charge in [-0.15, -0.1) is 0 Å². The number of carbonyl (C=O) groups is 1. The first kappa shape index (κ1) is 22.3. The standard InChI is InChI=1S/C19H25F3N5O3/c1-18(2,3)27-15(10-11(25-27)14-7-6-8-30-14)23-17(28)13-9-12(24-26(13)4)16(29-5)19(20,21)22/h6,9-10,14,16H,7-8H2,1-5H3,(H,23,28)/t14-,16?/m1/s1. The molecule has 2 atom stereocenters. The number of carbonyl (C=O) groups excluding carboxylic acids is 1. The van der Waals surface area contributed by atoms with Crippen molar-refractivity contribution in [2.45, 2.75) is 51.1 Å². The molecule has 165 valence electrons. The van der Waals surface area contributed by atoms with Crippen molar-refractivity contribution in [3.8, 4) is 0 Å². The van der Waals surface area contributed by atoms with Gasteiger partial charge in [-0.2, -0.15) is 23.4 Å². The number of anilines is 1. The third kappa shape index (κ3) is 4.51. The molecule has 1 fully saturated rings. The Balaban J connectivity index is 1.89. The lowest BCUT2D eigenvalue weighted by Gasteiger charge is -2.22. The Morgan fingerprint density at radius 2 is 2.00 bits per heavy atom. The van der Waals surface area contributed by atoms with Crippen molar-refractivity contribution in [2.75, 3.05) is 19.0 Å². The molecule has 3 heterocycles. The van der Waals surface area contributed by atoms with Gasteiger partial charge in [0.05, 0.1) is 17.8 Å². The smallest absolute Gasteiger partial charge is 0.372 e. The number of aromatic nitrogens is 4. The van der Waals surface area contributed by atoms with Gasteiger partial charge in [0, 0.05) is 20.2 Å². The first-order chi connectivity index (χ1) is 13.9. The molecule has 1 saturated heterocycles. The molecule has 30 heavy (non-hydrogen) atoms. The zero-order valence-electron chi connectivity index (χ0n) is 17.4. The predicted molar refractivity (Wildman–Crippen MR) is 102 cm³/mol. The number of nitrogens with zero attached hydrogens (tertiary/aromatic N) is 4. The molecular formula is C19H25F3N5O3. The van der Waals surface area contributed by atoms with Crippen LogP contribution >= 0.6 is 0 Å². The number of amides is 1. The Morgan fingerprint density at radius 1 is 1.30 bits per heavy atom. The van der Waals surface area contributed by atoms with E-state index >= 15 is 0 Å². The quantitative estimate of drug-likeness (QED) is 0.788. The predicted octanol–water partition coefficient (Wildman–Crippen LogP) is 3.54. The van der Waals surface area contributed by atoms with Crippen molar-refractivity contribution in [3.05, 3.63) is 35.6 Å². The lowest BCUT2D eigenvalue weighted by Crippen LogP contribution is -2.27. The minimum Gasteiger partial charge on any atom is -0.372 e. The zero-order chi connectivity index (χ0) is 22.3. The highest BCUT2D eigenvalue weighted by Gasteiger charge is 2.43. The van der Waals surface area contributed by atoms with Gasteiger partial charge in [-0.05, 0) is 39.7 Å². The van der Waals surface area contributed by atoms with Crippen LogP contribution < -0.4 is 5.32 Å². The van der Waals surface area contributed by atoms with Crippen LogP contribution in [-0.4, -0.2) is 45.4 Å². The molecule has 8 nitrogen and oxygen atoms in total. The third-order valence-corrected chi connectivity index (χ3v) is 4.66. The summed E-state index contributed by atoms with van der Waals surface area (Å²) in [5.74, 6) is -0.191. The Labute approximate surface area is 172 Å². The number of rotatable bonds is 5. The van der Waals surface area contributed by atoms with Crippen molar-refractivity contribution in [1.29, 1.82) is 0 Å². The van der Waals surface area contributed by atoms with Crippen molar-refractivity contribution >= 4 is 11.7 Å². The number of ether oxygens (including phenoxy) is 2. The second-order valence-electron chi connectivity index (χ2n) is 8.07. The first-order valence-electron chi connectivity index (χ1n) is 9.40. The van der Waals surface area contributed by atoms with E-state index in [2.05, 4.69) is 20.3 Å². The van der Waals surface area contributed by atoms with Gasteiger partial charge < -0.3 is 14.8 Å². The molecule has 11 heteroatoms. The number of aryl methyl sites for hydroxylation is 1. The lowest BCUT2D eigenvalue weighted by molar-refractivity contribution is -0.217. The monoisotopic (exact) mass is 428 g/mol. The lowest BCUT2D eigenvalue weighted by atomic mass is 10.1. The first-order valence-corrected chi connectivity index (χ1v) is 9.40. The van der Waals surface area contributed by atoms with Crippen LogP contribution in [0, 0.1) is 6.42 Å². The van der Waals surface area contributed by atoms with Gasteiger partial charge in [0.1, 0.15) is 23.3 Å². The van der Waals surface area contributed by atoms with E-state index in [1.807, 2.05) is 27.2 Å². The van der Waals surface area contributed by atoms with Crippen LogP contribution in [0.4, 0.5) is 19.0 Å². The van der Waals surface area contributed by atoms with E-state index in [0.29, 0.717) is 18.1 Å². The summed E-state index contributed by atoms with van der Waals surface area (Å²) in [7, 11) is 2.34. The van der Waals surface area contributed by atoms with Crippen molar-refractivity contribution < 1.29 is 27.4 Å². The summed E-state index contributed by atoms with van der Waals surface area (Å²) in [4.78, 5) is 12.8. The maximum Gasteiger partial charge on any atom is 0.420 e. The van der Waals surface area contributed by atoms with Gasteiger partial charge in [0.15, 0.2) is 6.10 Å². The summed E-state index contributed by atoms with van der Waals surface area (Å²) in [6.45, 7) is 6.31. The topological polar surface area (TPSA) is 83.2 Å². The van der Waals surface area contributed by atoms with Gasteiger partial charge in [-0.25, -0.2) is 4.68 Å². The van der Waals surface area contributed by atoms with Gasteiger partial charge >= 0.3 is 6.18 Å². The molecule has 2 aromatic rings. The minimum atomic E-state index is -4.64. The number of methoxy groups -OCH3 is 1. The van der Waals surface area contributed by atoms with Crippen LogP contribution in [0.15, 0.2) is 12.1 Å². The van der Waals surface area contributed by atoms with E-state index in [0.717, 1.165) is 24.3 Å². The van der Waals surface area contributed by atoms with E-state index in [4.69, 9.17) is 4.74 Å². The average Bonchev–Trinajstić information content (AvgIpc) is 3.32.